The summed E-state index contributed by atoms with van der Waals surface area (Å²) in [6.45, 7) is 8.04. The molecule has 3 N–H and O–H groups in total. The Morgan fingerprint density at radius 3 is 2.26 bits per heavy atom. The summed E-state index contributed by atoms with van der Waals surface area (Å²) in [6, 6.07) is 6.84. The van der Waals surface area contributed by atoms with Crippen molar-refractivity contribution in [1.82, 2.24) is 0 Å². The SMILES string of the molecule is CC(C)CC(N)C(=O)Nc1ccc(OC(C)C)cc1. The van der Waals surface area contributed by atoms with Crippen LogP contribution in [0.1, 0.15) is 34.1 Å². The van der Waals surface area contributed by atoms with E-state index in [1.54, 1.807) is 0 Å². The number of hydrogen-bond acceptors (Lipinski definition) is 3. The molecule has 0 saturated heterocycles. The second kappa shape index (κ2) is 7.14. The van der Waals surface area contributed by atoms with Gasteiger partial charge in [-0.2, -0.15) is 0 Å². The van der Waals surface area contributed by atoms with Crippen LogP contribution in [0.2, 0.25) is 0 Å². The van der Waals surface area contributed by atoms with E-state index in [0.717, 1.165) is 11.4 Å². The van der Waals surface area contributed by atoms with Crippen LogP contribution >= 0.6 is 0 Å². The zero-order valence-corrected chi connectivity index (χ0v) is 12.1. The van der Waals surface area contributed by atoms with E-state index in [1.165, 1.54) is 0 Å². The molecule has 4 heteroatoms. The molecule has 1 amide bonds. The molecule has 1 rings (SSSR count). The summed E-state index contributed by atoms with van der Waals surface area (Å²) < 4.78 is 5.54. The first-order chi connectivity index (χ1) is 8.88. The average molecular weight is 264 g/mol. The average Bonchev–Trinajstić information content (AvgIpc) is 2.30. The maximum atomic E-state index is 11.8. The van der Waals surface area contributed by atoms with Gasteiger partial charge in [-0.05, 0) is 50.5 Å². The molecule has 0 aliphatic rings. The van der Waals surface area contributed by atoms with E-state index in [9.17, 15) is 4.79 Å². The van der Waals surface area contributed by atoms with Gasteiger partial charge in [0.1, 0.15) is 5.75 Å². The first-order valence-corrected chi connectivity index (χ1v) is 6.71. The lowest BCUT2D eigenvalue weighted by atomic mass is 10.0. The minimum absolute atomic E-state index is 0.139. The molecule has 1 unspecified atom stereocenters. The van der Waals surface area contributed by atoms with Gasteiger partial charge in [0.2, 0.25) is 5.91 Å². The number of hydrogen-bond donors (Lipinski definition) is 2. The van der Waals surface area contributed by atoms with Crippen molar-refractivity contribution < 1.29 is 9.53 Å². The van der Waals surface area contributed by atoms with Gasteiger partial charge >= 0.3 is 0 Å². The molecule has 1 atom stereocenters. The second-order valence-corrected chi connectivity index (χ2v) is 5.42. The third-order valence-corrected chi connectivity index (χ3v) is 2.56. The number of ether oxygens (including phenoxy) is 1. The van der Waals surface area contributed by atoms with Crippen LogP contribution in [-0.4, -0.2) is 18.1 Å². The number of anilines is 1. The molecule has 0 saturated carbocycles. The molecule has 0 aromatic heterocycles. The fourth-order valence-corrected chi connectivity index (χ4v) is 1.74. The highest BCUT2D eigenvalue weighted by Crippen LogP contribution is 2.17. The summed E-state index contributed by atoms with van der Waals surface area (Å²) >= 11 is 0. The molecule has 0 radical (unpaired) electrons. The molecule has 1 aromatic carbocycles. The molecule has 0 bridgehead atoms. The van der Waals surface area contributed by atoms with Crippen molar-refractivity contribution in [3.63, 3.8) is 0 Å². The number of carbonyl (C=O) groups is 1. The van der Waals surface area contributed by atoms with Crippen LogP contribution in [0.5, 0.6) is 5.75 Å². The van der Waals surface area contributed by atoms with Crippen molar-refractivity contribution in [2.45, 2.75) is 46.3 Å². The van der Waals surface area contributed by atoms with Crippen LogP contribution in [-0.2, 0) is 4.79 Å². The lowest BCUT2D eigenvalue weighted by Gasteiger charge is -2.15. The topological polar surface area (TPSA) is 64.4 Å². The fourth-order valence-electron chi connectivity index (χ4n) is 1.74. The van der Waals surface area contributed by atoms with Gasteiger partial charge < -0.3 is 15.8 Å². The normalized spacial score (nSPS) is 12.6. The third kappa shape index (κ3) is 5.75. The van der Waals surface area contributed by atoms with Crippen molar-refractivity contribution in [2.24, 2.45) is 11.7 Å². The van der Waals surface area contributed by atoms with Crippen LogP contribution in [0.4, 0.5) is 5.69 Å². The quantitative estimate of drug-likeness (QED) is 0.830. The molecule has 0 aliphatic heterocycles. The highest BCUT2D eigenvalue weighted by Gasteiger charge is 2.14. The van der Waals surface area contributed by atoms with Crippen molar-refractivity contribution in [2.75, 3.05) is 5.32 Å². The first kappa shape index (κ1) is 15.5. The standard InChI is InChI=1S/C15H24N2O2/c1-10(2)9-14(16)15(18)17-12-5-7-13(8-6-12)19-11(3)4/h5-8,10-11,14H,9,16H2,1-4H3,(H,17,18). The monoisotopic (exact) mass is 264 g/mol. The molecular weight excluding hydrogens is 240 g/mol. The highest BCUT2D eigenvalue weighted by atomic mass is 16.5. The minimum atomic E-state index is -0.466. The lowest BCUT2D eigenvalue weighted by Crippen LogP contribution is -2.36. The Bertz CT molecular complexity index is 399. The van der Waals surface area contributed by atoms with E-state index in [4.69, 9.17) is 10.5 Å². The molecule has 0 heterocycles. The van der Waals surface area contributed by atoms with E-state index >= 15 is 0 Å². The van der Waals surface area contributed by atoms with Gasteiger partial charge in [0.15, 0.2) is 0 Å². The summed E-state index contributed by atoms with van der Waals surface area (Å²) in [5.74, 6) is 1.05. The minimum Gasteiger partial charge on any atom is -0.491 e. The van der Waals surface area contributed by atoms with Crippen LogP contribution in [0.25, 0.3) is 0 Å². The van der Waals surface area contributed by atoms with Crippen LogP contribution in [0, 0.1) is 5.92 Å². The number of amides is 1. The molecular formula is C15H24N2O2. The summed E-state index contributed by atoms with van der Waals surface area (Å²) in [7, 11) is 0. The molecule has 19 heavy (non-hydrogen) atoms. The Kier molecular flexibility index (Phi) is 5.83. The van der Waals surface area contributed by atoms with Crippen LogP contribution < -0.4 is 15.8 Å². The van der Waals surface area contributed by atoms with E-state index in [1.807, 2.05) is 52.0 Å². The Morgan fingerprint density at radius 2 is 1.79 bits per heavy atom. The summed E-state index contributed by atoms with van der Waals surface area (Å²) in [5, 5.41) is 2.81. The number of nitrogens with two attached hydrogens (primary N) is 1. The van der Waals surface area contributed by atoms with Gasteiger partial charge in [0, 0.05) is 5.69 Å². The Balaban J connectivity index is 2.55. The number of rotatable bonds is 6. The Morgan fingerprint density at radius 1 is 1.21 bits per heavy atom. The number of benzene rings is 1. The van der Waals surface area contributed by atoms with Crippen molar-refractivity contribution in [3.05, 3.63) is 24.3 Å². The van der Waals surface area contributed by atoms with Crippen molar-refractivity contribution in [1.29, 1.82) is 0 Å². The highest BCUT2D eigenvalue weighted by molar-refractivity contribution is 5.94. The van der Waals surface area contributed by atoms with E-state index in [0.29, 0.717) is 12.3 Å². The maximum Gasteiger partial charge on any atom is 0.241 e. The number of carbonyl (C=O) groups excluding carboxylic acids is 1. The second-order valence-electron chi connectivity index (χ2n) is 5.42. The molecule has 4 nitrogen and oxygen atoms in total. The molecule has 0 aliphatic carbocycles. The summed E-state index contributed by atoms with van der Waals surface area (Å²) in [5.41, 5.74) is 6.56. The van der Waals surface area contributed by atoms with E-state index < -0.39 is 6.04 Å². The Hall–Kier alpha value is -1.55. The van der Waals surface area contributed by atoms with Crippen LogP contribution in [0.15, 0.2) is 24.3 Å². The fraction of sp³-hybridized carbons (Fsp3) is 0.533. The van der Waals surface area contributed by atoms with Crippen LogP contribution in [0.3, 0.4) is 0 Å². The van der Waals surface area contributed by atoms with Gasteiger partial charge in [0.05, 0.1) is 12.1 Å². The van der Waals surface area contributed by atoms with E-state index in [-0.39, 0.29) is 12.0 Å². The summed E-state index contributed by atoms with van der Waals surface area (Å²) in [4.78, 5) is 11.8. The van der Waals surface area contributed by atoms with Gasteiger partial charge in [0.25, 0.3) is 0 Å². The van der Waals surface area contributed by atoms with E-state index in [2.05, 4.69) is 5.32 Å². The van der Waals surface area contributed by atoms with Gasteiger partial charge in [-0.3, -0.25) is 4.79 Å². The predicted molar refractivity (Wildman–Crippen MR) is 78.3 cm³/mol. The zero-order chi connectivity index (χ0) is 14.4. The molecule has 106 valence electrons. The maximum absolute atomic E-state index is 11.8. The largest absolute Gasteiger partial charge is 0.491 e. The number of nitrogens with one attached hydrogen (secondary N) is 1. The smallest absolute Gasteiger partial charge is 0.241 e. The first-order valence-electron chi connectivity index (χ1n) is 6.71. The molecule has 1 aromatic rings. The van der Waals surface area contributed by atoms with Gasteiger partial charge in [-0.15, -0.1) is 0 Å². The zero-order valence-electron chi connectivity index (χ0n) is 12.1. The van der Waals surface area contributed by atoms with Crippen molar-refractivity contribution in [3.8, 4) is 5.75 Å². The molecule has 0 fully saturated rings. The molecule has 0 spiro atoms. The van der Waals surface area contributed by atoms with Gasteiger partial charge in [-0.1, -0.05) is 13.8 Å². The van der Waals surface area contributed by atoms with Gasteiger partial charge in [-0.25, -0.2) is 0 Å². The Labute approximate surface area is 115 Å². The third-order valence-electron chi connectivity index (χ3n) is 2.56. The summed E-state index contributed by atoms with van der Waals surface area (Å²) in [6.07, 6.45) is 0.820. The predicted octanol–water partition coefficient (Wildman–Crippen LogP) is 2.79. The lowest BCUT2D eigenvalue weighted by molar-refractivity contribution is -0.117. The van der Waals surface area contributed by atoms with Crippen molar-refractivity contribution >= 4 is 11.6 Å².